The zero-order valence-corrected chi connectivity index (χ0v) is 11.2. The van der Waals surface area contributed by atoms with E-state index in [4.69, 9.17) is 15.2 Å². The molecule has 0 spiro atoms. The van der Waals surface area contributed by atoms with Crippen LogP contribution >= 0.6 is 0 Å². The Morgan fingerprint density at radius 2 is 2.26 bits per heavy atom. The fraction of sp³-hybridized carbons (Fsp3) is 0.600. The molecule has 0 aliphatic carbocycles. The summed E-state index contributed by atoms with van der Waals surface area (Å²) in [6.07, 6.45) is 2.62. The Labute approximate surface area is 113 Å². The van der Waals surface area contributed by atoms with Crippen LogP contribution in [0.5, 0.6) is 5.75 Å². The van der Waals surface area contributed by atoms with Crippen molar-refractivity contribution < 1.29 is 14.6 Å². The molecule has 4 nitrogen and oxygen atoms in total. The van der Waals surface area contributed by atoms with Crippen molar-refractivity contribution in [1.29, 1.82) is 0 Å². The van der Waals surface area contributed by atoms with Gasteiger partial charge >= 0.3 is 0 Å². The lowest BCUT2D eigenvalue weighted by atomic mass is 9.68. The monoisotopic (exact) mass is 263 g/mol. The summed E-state index contributed by atoms with van der Waals surface area (Å²) < 4.78 is 11.3. The molecule has 3 rings (SSSR count). The van der Waals surface area contributed by atoms with Crippen LogP contribution in [0.4, 0.5) is 0 Å². The minimum atomic E-state index is -0.635. The summed E-state index contributed by atoms with van der Waals surface area (Å²) in [5.41, 5.74) is 6.45. The zero-order chi connectivity index (χ0) is 13.5. The van der Waals surface area contributed by atoms with E-state index in [1.807, 2.05) is 24.3 Å². The summed E-state index contributed by atoms with van der Waals surface area (Å²) in [7, 11) is 1.62. The highest BCUT2D eigenvalue weighted by molar-refractivity contribution is 5.37. The summed E-state index contributed by atoms with van der Waals surface area (Å²) in [6, 6.07) is 7.60. The number of aliphatic hydroxyl groups excluding tert-OH is 1. The molecule has 2 heterocycles. The number of rotatable bonds is 4. The third kappa shape index (κ3) is 1.86. The second kappa shape index (κ2) is 4.78. The Bertz CT molecular complexity index is 464. The molecular formula is C15H21NO3. The van der Waals surface area contributed by atoms with Gasteiger partial charge in [0, 0.05) is 17.5 Å². The molecule has 4 heteroatoms. The Kier molecular flexibility index (Phi) is 3.25. The summed E-state index contributed by atoms with van der Waals surface area (Å²) >= 11 is 0. The zero-order valence-electron chi connectivity index (χ0n) is 11.2. The maximum Gasteiger partial charge on any atom is 0.124 e. The van der Waals surface area contributed by atoms with Crippen LogP contribution in [-0.2, 0) is 4.74 Å². The summed E-state index contributed by atoms with van der Waals surface area (Å²) in [5, 5.41) is 10.9. The number of methoxy groups -OCH3 is 1. The van der Waals surface area contributed by atoms with Crippen molar-refractivity contribution in [2.45, 2.75) is 37.6 Å². The van der Waals surface area contributed by atoms with Crippen LogP contribution in [-0.4, -0.2) is 31.0 Å². The molecule has 4 unspecified atom stereocenters. The van der Waals surface area contributed by atoms with Crippen molar-refractivity contribution in [2.24, 2.45) is 11.1 Å². The lowest BCUT2D eigenvalue weighted by Gasteiger charge is -2.39. The highest BCUT2D eigenvalue weighted by Crippen LogP contribution is 2.54. The van der Waals surface area contributed by atoms with Gasteiger partial charge in [-0.2, -0.15) is 0 Å². The Hall–Kier alpha value is -1.10. The smallest absolute Gasteiger partial charge is 0.124 e. The van der Waals surface area contributed by atoms with Crippen molar-refractivity contribution in [3.05, 3.63) is 29.8 Å². The number of hydrogen-bond donors (Lipinski definition) is 2. The van der Waals surface area contributed by atoms with Gasteiger partial charge < -0.3 is 20.3 Å². The average Bonchev–Trinajstić information content (AvgIpc) is 3.07. The second-order valence-corrected chi connectivity index (χ2v) is 5.61. The predicted octanol–water partition coefficient (Wildman–Crippen LogP) is 1.62. The molecule has 104 valence electrons. The van der Waals surface area contributed by atoms with E-state index < -0.39 is 6.10 Å². The van der Waals surface area contributed by atoms with Gasteiger partial charge in [0.15, 0.2) is 0 Å². The maximum absolute atomic E-state index is 10.9. The number of ether oxygens (including phenoxy) is 2. The molecule has 2 aliphatic heterocycles. The normalized spacial score (nSPS) is 34.5. The maximum atomic E-state index is 10.9. The minimum Gasteiger partial charge on any atom is -0.496 e. The molecule has 19 heavy (non-hydrogen) atoms. The molecule has 4 atom stereocenters. The van der Waals surface area contributed by atoms with E-state index in [-0.39, 0.29) is 17.6 Å². The number of para-hydroxylation sites is 1. The number of fused-ring (bicyclic) bond motifs is 2. The molecule has 2 aliphatic rings. The lowest BCUT2D eigenvalue weighted by Crippen LogP contribution is -2.44. The van der Waals surface area contributed by atoms with Gasteiger partial charge in [0.05, 0.1) is 25.4 Å². The van der Waals surface area contributed by atoms with Crippen LogP contribution in [0, 0.1) is 5.41 Å². The van der Waals surface area contributed by atoms with E-state index >= 15 is 0 Å². The SMILES string of the molecule is COc1ccccc1C(O)C1(CN)CC2CCC1O2. The lowest BCUT2D eigenvalue weighted by molar-refractivity contribution is -0.0273. The molecule has 3 N–H and O–H groups in total. The number of nitrogens with two attached hydrogens (primary N) is 1. The average molecular weight is 263 g/mol. The highest BCUT2D eigenvalue weighted by atomic mass is 16.5. The van der Waals surface area contributed by atoms with Gasteiger partial charge in [-0.3, -0.25) is 0 Å². The molecule has 1 aromatic carbocycles. The third-order valence-electron chi connectivity index (χ3n) is 4.71. The van der Waals surface area contributed by atoms with Crippen molar-refractivity contribution in [2.75, 3.05) is 13.7 Å². The van der Waals surface area contributed by atoms with Gasteiger partial charge in [-0.1, -0.05) is 18.2 Å². The van der Waals surface area contributed by atoms with E-state index in [1.54, 1.807) is 7.11 Å². The summed E-state index contributed by atoms with van der Waals surface area (Å²) in [4.78, 5) is 0. The quantitative estimate of drug-likeness (QED) is 0.866. The van der Waals surface area contributed by atoms with E-state index in [0.29, 0.717) is 12.3 Å². The minimum absolute atomic E-state index is 0.0717. The number of aliphatic hydroxyl groups is 1. The second-order valence-electron chi connectivity index (χ2n) is 5.61. The van der Waals surface area contributed by atoms with Crippen molar-refractivity contribution in [1.82, 2.24) is 0 Å². The Morgan fingerprint density at radius 1 is 1.47 bits per heavy atom. The fourth-order valence-electron chi connectivity index (χ4n) is 3.65. The molecule has 1 aromatic rings. The molecule has 2 saturated heterocycles. The van der Waals surface area contributed by atoms with Crippen LogP contribution < -0.4 is 10.5 Å². The summed E-state index contributed by atoms with van der Waals surface area (Å²) in [5.74, 6) is 0.714. The fourth-order valence-corrected chi connectivity index (χ4v) is 3.65. The van der Waals surface area contributed by atoms with E-state index in [0.717, 1.165) is 24.8 Å². The van der Waals surface area contributed by atoms with E-state index in [2.05, 4.69) is 0 Å². The highest BCUT2D eigenvalue weighted by Gasteiger charge is 2.56. The molecule has 0 amide bonds. The number of hydrogen-bond acceptors (Lipinski definition) is 4. The molecule has 2 bridgehead atoms. The Morgan fingerprint density at radius 3 is 2.84 bits per heavy atom. The predicted molar refractivity (Wildman–Crippen MR) is 72.0 cm³/mol. The van der Waals surface area contributed by atoms with Gasteiger partial charge in [0.25, 0.3) is 0 Å². The first-order valence-electron chi connectivity index (χ1n) is 6.88. The molecule has 0 saturated carbocycles. The third-order valence-corrected chi connectivity index (χ3v) is 4.71. The molecular weight excluding hydrogens is 242 g/mol. The van der Waals surface area contributed by atoms with Crippen molar-refractivity contribution in [3.63, 3.8) is 0 Å². The first kappa shape index (κ1) is 12.9. The first-order valence-corrected chi connectivity index (χ1v) is 6.88. The van der Waals surface area contributed by atoms with Gasteiger partial charge in [0.2, 0.25) is 0 Å². The topological polar surface area (TPSA) is 64.7 Å². The van der Waals surface area contributed by atoms with E-state index in [9.17, 15) is 5.11 Å². The van der Waals surface area contributed by atoms with Crippen molar-refractivity contribution >= 4 is 0 Å². The summed E-state index contributed by atoms with van der Waals surface area (Å²) in [6.45, 7) is 0.438. The molecule has 2 fully saturated rings. The number of benzene rings is 1. The van der Waals surface area contributed by atoms with Gasteiger partial charge in [-0.25, -0.2) is 0 Å². The first-order chi connectivity index (χ1) is 9.21. The van der Waals surface area contributed by atoms with Crippen LogP contribution in [0.2, 0.25) is 0 Å². The Balaban J connectivity index is 1.96. The van der Waals surface area contributed by atoms with Crippen LogP contribution in [0.15, 0.2) is 24.3 Å². The van der Waals surface area contributed by atoms with Crippen LogP contribution in [0.3, 0.4) is 0 Å². The van der Waals surface area contributed by atoms with Gasteiger partial charge in [-0.15, -0.1) is 0 Å². The molecule has 0 aromatic heterocycles. The van der Waals surface area contributed by atoms with Gasteiger partial charge in [0.1, 0.15) is 5.75 Å². The van der Waals surface area contributed by atoms with Crippen molar-refractivity contribution in [3.8, 4) is 5.75 Å². The standard InChI is InChI=1S/C15H21NO3/c1-18-12-5-3-2-4-11(12)14(17)15(9-16)8-10-6-7-13(15)19-10/h2-5,10,13-14,17H,6-9,16H2,1H3. The molecule has 0 radical (unpaired) electrons. The van der Waals surface area contributed by atoms with Crippen LogP contribution in [0.1, 0.15) is 30.9 Å². The van der Waals surface area contributed by atoms with E-state index in [1.165, 1.54) is 0 Å². The van der Waals surface area contributed by atoms with Crippen LogP contribution in [0.25, 0.3) is 0 Å². The largest absolute Gasteiger partial charge is 0.496 e. The van der Waals surface area contributed by atoms with Gasteiger partial charge in [-0.05, 0) is 25.3 Å².